The van der Waals surface area contributed by atoms with Gasteiger partial charge in [-0.2, -0.15) is 13.2 Å². The van der Waals surface area contributed by atoms with Crippen molar-refractivity contribution in [2.24, 2.45) is 11.8 Å². The van der Waals surface area contributed by atoms with E-state index in [4.69, 9.17) is 0 Å². The number of alkyl halides is 3. The Balaban J connectivity index is 1.89. The van der Waals surface area contributed by atoms with E-state index in [1.54, 1.807) is 6.20 Å². The van der Waals surface area contributed by atoms with Crippen LogP contribution in [0, 0.1) is 11.8 Å². The molecule has 0 bridgehead atoms. The first-order valence-electron chi connectivity index (χ1n) is 7.51. The monoisotopic (exact) mass is 302 g/mol. The summed E-state index contributed by atoms with van der Waals surface area (Å²) in [6.07, 6.45) is 1.40. The fourth-order valence-electron chi connectivity index (χ4n) is 2.99. The van der Waals surface area contributed by atoms with Crippen LogP contribution in [0.5, 0.6) is 0 Å². The molecule has 0 spiro atoms. The van der Waals surface area contributed by atoms with Crippen molar-refractivity contribution in [1.29, 1.82) is 0 Å². The minimum absolute atomic E-state index is 0.0270. The van der Waals surface area contributed by atoms with Gasteiger partial charge in [0.05, 0.1) is 12.3 Å². The van der Waals surface area contributed by atoms with Crippen LogP contribution in [0.3, 0.4) is 0 Å². The molecular formula is C15H21F3N2O. The van der Waals surface area contributed by atoms with Crippen LogP contribution in [0.15, 0.2) is 12.4 Å². The van der Waals surface area contributed by atoms with Crippen LogP contribution in [0.4, 0.5) is 13.2 Å². The number of hydrogen-bond acceptors (Lipinski definition) is 2. The number of rotatable bonds is 5. The Bertz CT molecular complexity index is 474. The van der Waals surface area contributed by atoms with Crippen molar-refractivity contribution in [2.45, 2.75) is 58.2 Å². The number of imidazole rings is 1. The van der Waals surface area contributed by atoms with Gasteiger partial charge in [-0.05, 0) is 32.1 Å². The van der Waals surface area contributed by atoms with Crippen molar-refractivity contribution in [3.8, 4) is 0 Å². The molecule has 0 aliphatic heterocycles. The minimum atomic E-state index is -4.12. The molecule has 0 amide bonds. The highest BCUT2D eigenvalue weighted by Gasteiger charge is 2.42. The Kier molecular flexibility index (Phi) is 5.06. The molecule has 21 heavy (non-hydrogen) atoms. The van der Waals surface area contributed by atoms with E-state index >= 15 is 0 Å². The molecular weight excluding hydrogens is 281 g/mol. The van der Waals surface area contributed by atoms with E-state index in [-0.39, 0.29) is 31.0 Å². The topological polar surface area (TPSA) is 34.9 Å². The van der Waals surface area contributed by atoms with Crippen LogP contribution in [0.25, 0.3) is 0 Å². The number of carbonyl (C=O) groups is 1. The first kappa shape index (κ1) is 16.0. The summed E-state index contributed by atoms with van der Waals surface area (Å²) in [7, 11) is 0. The van der Waals surface area contributed by atoms with Crippen molar-refractivity contribution in [1.82, 2.24) is 9.55 Å². The zero-order chi connectivity index (χ0) is 15.5. The second-order valence-corrected chi connectivity index (χ2v) is 5.77. The quantitative estimate of drug-likeness (QED) is 0.830. The first-order valence-corrected chi connectivity index (χ1v) is 7.51. The summed E-state index contributed by atoms with van der Waals surface area (Å²) >= 11 is 0. The zero-order valence-electron chi connectivity index (χ0n) is 12.2. The highest BCUT2D eigenvalue weighted by atomic mass is 19.4. The number of carbonyl (C=O) groups excluding carboxylic acids is 1. The van der Waals surface area contributed by atoms with E-state index in [2.05, 4.69) is 4.98 Å². The molecule has 1 aliphatic carbocycles. The average Bonchev–Trinajstić information content (AvgIpc) is 2.86. The van der Waals surface area contributed by atoms with Gasteiger partial charge in [0.1, 0.15) is 11.6 Å². The molecule has 0 N–H and O–H groups in total. The molecule has 0 radical (unpaired) electrons. The molecule has 1 saturated carbocycles. The Hall–Kier alpha value is -1.33. The van der Waals surface area contributed by atoms with Gasteiger partial charge < -0.3 is 4.57 Å². The molecule has 1 aromatic rings. The fourth-order valence-corrected chi connectivity index (χ4v) is 2.99. The maximum atomic E-state index is 12.6. The molecule has 6 heteroatoms. The first-order chi connectivity index (χ1) is 9.91. The molecule has 1 heterocycles. The molecule has 0 atom stereocenters. The Morgan fingerprint density at radius 1 is 1.33 bits per heavy atom. The van der Waals surface area contributed by atoms with Crippen molar-refractivity contribution in [3.05, 3.63) is 18.2 Å². The molecule has 1 fully saturated rings. The number of aryl methyl sites for hydroxylation is 1. The van der Waals surface area contributed by atoms with Crippen LogP contribution >= 0.6 is 0 Å². The summed E-state index contributed by atoms with van der Waals surface area (Å²) in [6, 6.07) is 0. The molecule has 118 valence electrons. The highest BCUT2D eigenvalue weighted by Crippen LogP contribution is 2.39. The fraction of sp³-hybridized carbons (Fsp3) is 0.733. The summed E-state index contributed by atoms with van der Waals surface area (Å²) in [5.74, 6) is -0.724. The molecule has 0 unspecified atom stereocenters. The lowest BCUT2D eigenvalue weighted by atomic mass is 9.79. The molecule has 0 saturated heterocycles. The number of halogens is 3. The van der Waals surface area contributed by atoms with Crippen molar-refractivity contribution in [3.63, 3.8) is 0 Å². The largest absolute Gasteiger partial charge is 0.391 e. The number of ketones is 1. The van der Waals surface area contributed by atoms with Gasteiger partial charge >= 0.3 is 6.18 Å². The summed E-state index contributed by atoms with van der Waals surface area (Å²) in [4.78, 5) is 16.4. The van der Waals surface area contributed by atoms with Gasteiger partial charge in [0.15, 0.2) is 0 Å². The lowest BCUT2D eigenvalue weighted by Crippen LogP contribution is -2.31. The smallest absolute Gasteiger partial charge is 0.335 e. The van der Waals surface area contributed by atoms with Gasteiger partial charge in [0.25, 0.3) is 0 Å². The van der Waals surface area contributed by atoms with E-state index < -0.39 is 12.1 Å². The maximum Gasteiger partial charge on any atom is 0.391 e. The van der Waals surface area contributed by atoms with E-state index in [1.807, 2.05) is 17.7 Å². The molecule has 1 aliphatic rings. The third-order valence-corrected chi connectivity index (χ3v) is 4.24. The molecule has 1 aromatic heterocycles. The van der Waals surface area contributed by atoms with E-state index in [0.717, 1.165) is 18.8 Å². The predicted molar refractivity (Wildman–Crippen MR) is 72.7 cm³/mol. The highest BCUT2D eigenvalue weighted by molar-refractivity contribution is 5.82. The number of aromatic nitrogens is 2. The standard InChI is InChI=1S/C15H21F3N2O/c1-2-8-20-9-7-19-14(20)10-13(21)11-3-5-12(6-4-11)15(16,17)18/h7,9,11-12H,2-6,8,10H2,1H3. The van der Waals surface area contributed by atoms with Gasteiger partial charge in [-0.25, -0.2) is 4.98 Å². The third kappa shape index (κ3) is 4.08. The SMILES string of the molecule is CCCn1ccnc1CC(=O)C1CCC(C(F)(F)F)CC1. The predicted octanol–water partition coefficient (Wildman–Crippen LogP) is 3.77. The lowest BCUT2D eigenvalue weighted by Gasteiger charge is -2.29. The van der Waals surface area contributed by atoms with Crippen molar-refractivity contribution >= 4 is 5.78 Å². The van der Waals surface area contributed by atoms with Crippen LogP contribution < -0.4 is 0 Å². The molecule has 2 rings (SSSR count). The van der Waals surface area contributed by atoms with Gasteiger partial charge in [-0.15, -0.1) is 0 Å². The number of Topliss-reactive ketones (excluding diaryl/α,β-unsaturated/α-hetero) is 1. The van der Waals surface area contributed by atoms with Crippen LogP contribution in [0.2, 0.25) is 0 Å². The van der Waals surface area contributed by atoms with E-state index in [1.165, 1.54) is 0 Å². The third-order valence-electron chi connectivity index (χ3n) is 4.24. The summed E-state index contributed by atoms with van der Waals surface area (Å²) in [5.41, 5.74) is 0. The Morgan fingerprint density at radius 3 is 2.57 bits per heavy atom. The van der Waals surface area contributed by atoms with Crippen molar-refractivity contribution in [2.75, 3.05) is 0 Å². The van der Waals surface area contributed by atoms with Gasteiger partial charge in [-0.1, -0.05) is 6.92 Å². The second-order valence-electron chi connectivity index (χ2n) is 5.77. The van der Waals surface area contributed by atoms with Crippen molar-refractivity contribution < 1.29 is 18.0 Å². The Morgan fingerprint density at radius 2 is 2.00 bits per heavy atom. The number of nitrogens with zero attached hydrogens (tertiary/aromatic N) is 2. The molecule has 0 aromatic carbocycles. The average molecular weight is 302 g/mol. The van der Waals surface area contributed by atoms with Crippen LogP contribution in [-0.4, -0.2) is 21.5 Å². The number of hydrogen-bond donors (Lipinski definition) is 0. The summed E-state index contributed by atoms with van der Waals surface area (Å²) < 4.78 is 39.8. The van der Waals surface area contributed by atoms with E-state index in [0.29, 0.717) is 12.8 Å². The van der Waals surface area contributed by atoms with Gasteiger partial charge in [-0.3, -0.25) is 4.79 Å². The van der Waals surface area contributed by atoms with Gasteiger partial charge in [0, 0.05) is 24.9 Å². The minimum Gasteiger partial charge on any atom is -0.335 e. The maximum absolute atomic E-state index is 12.6. The Labute approximate surface area is 122 Å². The zero-order valence-corrected chi connectivity index (χ0v) is 12.2. The van der Waals surface area contributed by atoms with E-state index in [9.17, 15) is 18.0 Å². The second kappa shape index (κ2) is 6.62. The summed E-state index contributed by atoms with van der Waals surface area (Å²) in [6.45, 7) is 2.85. The lowest BCUT2D eigenvalue weighted by molar-refractivity contribution is -0.184. The normalized spacial score (nSPS) is 23.2. The summed E-state index contributed by atoms with van der Waals surface area (Å²) in [5, 5.41) is 0. The van der Waals surface area contributed by atoms with Crippen LogP contribution in [0.1, 0.15) is 44.9 Å². The van der Waals surface area contributed by atoms with Crippen LogP contribution in [-0.2, 0) is 17.8 Å². The molecule has 3 nitrogen and oxygen atoms in total. The van der Waals surface area contributed by atoms with Gasteiger partial charge in [0.2, 0.25) is 0 Å².